The number of rotatable bonds is 5. The van der Waals surface area contributed by atoms with E-state index in [-0.39, 0.29) is 5.97 Å². The van der Waals surface area contributed by atoms with E-state index in [2.05, 4.69) is 10.4 Å². The monoisotopic (exact) mass is 257 g/mol. The first-order chi connectivity index (χ1) is 7.87. The van der Waals surface area contributed by atoms with Crippen LogP contribution in [0.2, 0.25) is 0 Å². The van der Waals surface area contributed by atoms with Crippen LogP contribution in [-0.2, 0) is 14.9 Å². The van der Waals surface area contributed by atoms with Crippen molar-refractivity contribution in [3.63, 3.8) is 0 Å². The molecule has 1 aromatic heterocycles. The average molecular weight is 257 g/mol. The van der Waals surface area contributed by atoms with Crippen LogP contribution in [0.15, 0.2) is 5.38 Å². The van der Waals surface area contributed by atoms with Crippen molar-refractivity contribution >= 4 is 22.4 Å². The summed E-state index contributed by atoms with van der Waals surface area (Å²) in [4.78, 5) is 16.2. The zero-order valence-corrected chi connectivity index (χ0v) is 11.7. The van der Waals surface area contributed by atoms with Gasteiger partial charge in [0.1, 0.15) is 5.41 Å². The Morgan fingerprint density at radius 3 is 2.76 bits per heavy atom. The molecule has 17 heavy (non-hydrogen) atoms. The summed E-state index contributed by atoms with van der Waals surface area (Å²) in [6.45, 7) is 5.82. The number of hydrogen-bond donors (Lipinski definition) is 1. The SMILES string of the molecule is CCOC(=O)C(C)(C)c1csc(NN(C)C)n1. The molecule has 0 bridgehead atoms. The van der Waals surface area contributed by atoms with Crippen LogP contribution < -0.4 is 5.43 Å². The highest BCUT2D eigenvalue weighted by molar-refractivity contribution is 7.13. The summed E-state index contributed by atoms with van der Waals surface area (Å²) in [5, 5.41) is 4.45. The molecular weight excluding hydrogens is 238 g/mol. The fourth-order valence-electron chi connectivity index (χ4n) is 1.22. The molecule has 0 radical (unpaired) electrons. The fourth-order valence-corrected chi connectivity index (χ4v) is 2.18. The van der Waals surface area contributed by atoms with E-state index in [1.54, 1.807) is 11.9 Å². The third-order valence-corrected chi connectivity index (χ3v) is 3.00. The number of hydrazine groups is 1. The Labute approximate surface area is 106 Å². The van der Waals surface area contributed by atoms with Gasteiger partial charge in [-0.15, -0.1) is 11.3 Å². The van der Waals surface area contributed by atoms with Gasteiger partial charge in [0.05, 0.1) is 12.3 Å². The number of anilines is 1. The van der Waals surface area contributed by atoms with E-state index in [1.807, 2.05) is 33.3 Å². The van der Waals surface area contributed by atoms with Gasteiger partial charge in [-0.1, -0.05) is 0 Å². The van der Waals surface area contributed by atoms with Crippen LogP contribution in [0, 0.1) is 0 Å². The van der Waals surface area contributed by atoms with Gasteiger partial charge in [-0.05, 0) is 20.8 Å². The maximum atomic E-state index is 11.8. The van der Waals surface area contributed by atoms with Crippen LogP contribution in [-0.4, -0.2) is 36.7 Å². The topological polar surface area (TPSA) is 54.5 Å². The molecule has 1 rings (SSSR count). The molecule has 0 fully saturated rings. The van der Waals surface area contributed by atoms with Gasteiger partial charge in [0.15, 0.2) is 5.13 Å². The molecule has 0 spiro atoms. The molecule has 0 aliphatic rings. The van der Waals surface area contributed by atoms with Crippen molar-refractivity contribution in [1.82, 2.24) is 9.99 Å². The summed E-state index contributed by atoms with van der Waals surface area (Å²) in [5.74, 6) is -0.248. The van der Waals surface area contributed by atoms with Gasteiger partial charge in [0.2, 0.25) is 0 Å². The first-order valence-corrected chi connectivity index (χ1v) is 6.33. The molecule has 6 heteroatoms. The van der Waals surface area contributed by atoms with Gasteiger partial charge >= 0.3 is 5.97 Å². The van der Waals surface area contributed by atoms with Gasteiger partial charge in [-0.2, -0.15) is 0 Å². The van der Waals surface area contributed by atoms with Crippen molar-refractivity contribution in [3.8, 4) is 0 Å². The van der Waals surface area contributed by atoms with Gasteiger partial charge in [0, 0.05) is 19.5 Å². The van der Waals surface area contributed by atoms with Gasteiger partial charge in [-0.25, -0.2) is 9.99 Å². The Kier molecular flexibility index (Phi) is 4.47. The highest BCUT2D eigenvalue weighted by Crippen LogP contribution is 2.28. The Bertz CT molecular complexity index is 388. The van der Waals surface area contributed by atoms with E-state index in [4.69, 9.17) is 4.74 Å². The van der Waals surface area contributed by atoms with Crippen LogP contribution in [0.25, 0.3) is 0 Å². The Morgan fingerprint density at radius 2 is 2.24 bits per heavy atom. The lowest BCUT2D eigenvalue weighted by Crippen LogP contribution is -2.31. The number of ether oxygens (including phenoxy) is 1. The number of carbonyl (C=O) groups excluding carboxylic acids is 1. The third kappa shape index (κ3) is 3.41. The Hall–Kier alpha value is -1.14. The summed E-state index contributed by atoms with van der Waals surface area (Å²) in [6, 6.07) is 0. The van der Waals surface area contributed by atoms with Crippen molar-refractivity contribution in [3.05, 3.63) is 11.1 Å². The number of hydrogen-bond acceptors (Lipinski definition) is 6. The Balaban J connectivity index is 2.84. The van der Waals surface area contributed by atoms with Gasteiger partial charge in [-0.3, -0.25) is 10.2 Å². The predicted octanol–water partition coefficient (Wildman–Crippen LogP) is 1.87. The van der Waals surface area contributed by atoms with Crippen LogP contribution in [0.4, 0.5) is 5.13 Å². The zero-order valence-electron chi connectivity index (χ0n) is 10.9. The molecule has 1 heterocycles. The zero-order chi connectivity index (χ0) is 13.1. The second-order valence-electron chi connectivity index (χ2n) is 4.39. The van der Waals surface area contributed by atoms with Crippen molar-refractivity contribution in [1.29, 1.82) is 0 Å². The smallest absolute Gasteiger partial charge is 0.317 e. The van der Waals surface area contributed by atoms with E-state index in [1.165, 1.54) is 11.3 Å². The molecule has 0 atom stereocenters. The minimum atomic E-state index is -0.710. The summed E-state index contributed by atoms with van der Waals surface area (Å²) in [6.07, 6.45) is 0. The summed E-state index contributed by atoms with van der Waals surface area (Å²) in [7, 11) is 3.77. The van der Waals surface area contributed by atoms with E-state index in [9.17, 15) is 4.79 Å². The number of esters is 1. The number of thiazole rings is 1. The van der Waals surface area contributed by atoms with Crippen LogP contribution in [0.1, 0.15) is 26.5 Å². The molecule has 1 N–H and O–H groups in total. The molecule has 5 nitrogen and oxygen atoms in total. The normalized spacial score (nSPS) is 11.6. The average Bonchev–Trinajstić information content (AvgIpc) is 2.66. The maximum absolute atomic E-state index is 11.8. The second kappa shape index (κ2) is 5.46. The predicted molar refractivity (Wildman–Crippen MR) is 69.1 cm³/mol. The minimum absolute atomic E-state index is 0.248. The molecule has 0 aliphatic carbocycles. The number of nitrogens with zero attached hydrogens (tertiary/aromatic N) is 2. The van der Waals surface area contributed by atoms with Crippen molar-refractivity contribution in [2.75, 3.05) is 26.1 Å². The van der Waals surface area contributed by atoms with Gasteiger partial charge < -0.3 is 4.74 Å². The van der Waals surface area contributed by atoms with Crippen molar-refractivity contribution in [2.24, 2.45) is 0 Å². The fraction of sp³-hybridized carbons (Fsp3) is 0.636. The van der Waals surface area contributed by atoms with E-state index >= 15 is 0 Å². The van der Waals surface area contributed by atoms with Crippen LogP contribution >= 0.6 is 11.3 Å². The van der Waals surface area contributed by atoms with E-state index in [0.717, 1.165) is 10.8 Å². The standard InChI is InChI=1S/C11H19N3O2S/c1-6-16-9(15)11(2,3)8-7-17-10(12-8)13-14(4)5/h7H,6H2,1-5H3,(H,12,13). The molecule has 0 saturated carbocycles. The van der Waals surface area contributed by atoms with E-state index < -0.39 is 5.41 Å². The van der Waals surface area contributed by atoms with Crippen LogP contribution in [0.5, 0.6) is 0 Å². The lowest BCUT2D eigenvalue weighted by Gasteiger charge is -2.19. The first-order valence-electron chi connectivity index (χ1n) is 5.45. The molecular formula is C11H19N3O2S. The van der Waals surface area contributed by atoms with Crippen molar-refractivity contribution < 1.29 is 9.53 Å². The molecule has 0 amide bonds. The molecule has 0 saturated heterocycles. The number of aromatic nitrogens is 1. The molecule has 1 aromatic rings. The minimum Gasteiger partial charge on any atom is -0.465 e. The molecule has 0 aromatic carbocycles. The Morgan fingerprint density at radius 1 is 1.59 bits per heavy atom. The van der Waals surface area contributed by atoms with E-state index in [0.29, 0.717) is 6.61 Å². The van der Waals surface area contributed by atoms with Crippen molar-refractivity contribution in [2.45, 2.75) is 26.2 Å². The highest BCUT2D eigenvalue weighted by atomic mass is 32.1. The number of nitrogens with one attached hydrogen (secondary N) is 1. The van der Waals surface area contributed by atoms with Gasteiger partial charge in [0.25, 0.3) is 0 Å². The molecule has 0 aliphatic heterocycles. The summed E-state index contributed by atoms with van der Waals surface area (Å²) in [5.41, 5.74) is 3.07. The molecule has 0 unspecified atom stereocenters. The lowest BCUT2D eigenvalue weighted by molar-refractivity contribution is -0.148. The molecule has 96 valence electrons. The summed E-state index contributed by atoms with van der Waals surface area (Å²) >= 11 is 1.47. The largest absolute Gasteiger partial charge is 0.465 e. The second-order valence-corrected chi connectivity index (χ2v) is 5.25. The number of carbonyl (C=O) groups is 1. The lowest BCUT2D eigenvalue weighted by atomic mass is 9.90. The third-order valence-electron chi connectivity index (χ3n) is 2.25. The quantitative estimate of drug-likeness (QED) is 0.644. The highest BCUT2D eigenvalue weighted by Gasteiger charge is 2.33. The first kappa shape index (κ1) is 13.9. The maximum Gasteiger partial charge on any atom is 0.317 e. The van der Waals surface area contributed by atoms with Crippen LogP contribution in [0.3, 0.4) is 0 Å². The summed E-state index contributed by atoms with van der Waals surface area (Å²) < 4.78 is 5.05.